The van der Waals surface area contributed by atoms with Gasteiger partial charge in [0.15, 0.2) is 0 Å². The van der Waals surface area contributed by atoms with Crippen molar-refractivity contribution in [1.29, 1.82) is 0 Å². The Labute approximate surface area is 193 Å². The van der Waals surface area contributed by atoms with Gasteiger partial charge in [0.05, 0.1) is 31.4 Å². The molecule has 0 bridgehead atoms. The minimum atomic E-state index is -5.08. The third-order valence-corrected chi connectivity index (χ3v) is 6.26. The van der Waals surface area contributed by atoms with Crippen LogP contribution >= 0.6 is 0 Å². The van der Waals surface area contributed by atoms with Gasteiger partial charge in [0.25, 0.3) is 0 Å². The molecule has 180 valence electrons. The van der Waals surface area contributed by atoms with Gasteiger partial charge in [-0.05, 0) is 49.1 Å². The molecule has 10 heteroatoms. The molecule has 1 fully saturated rings. The van der Waals surface area contributed by atoms with Crippen LogP contribution in [-0.2, 0) is 4.79 Å². The highest BCUT2D eigenvalue weighted by Crippen LogP contribution is 2.46. The van der Waals surface area contributed by atoms with E-state index in [4.69, 9.17) is 14.6 Å². The number of nitrogens with zero attached hydrogens (tertiary/aromatic N) is 3. The molecule has 0 saturated carbocycles. The summed E-state index contributed by atoms with van der Waals surface area (Å²) < 4.78 is 53.8. The van der Waals surface area contributed by atoms with Gasteiger partial charge in [-0.25, -0.2) is 14.2 Å². The second kappa shape index (κ2) is 9.36. The maximum absolute atomic E-state index is 14.7. The minimum Gasteiger partial charge on any atom is -0.497 e. The van der Waals surface area contributed by atoms with Crippen molar-refractivity contribution in [3.8, 4) is 17.0 Å². The van der Waals surface area contributed by atoms with Crippen molar-refractivity contribution >= 4 is 11.7 Å². The van der Waals surface area contributed by atoms with Gasteiger partial charge in [-0.2, -0.15) is 13.2 Å². The summed E-state index contributed by atoms with van der Waals surface area (Å²) in [6.45, 7) is 1.95. The van der Waals surface area contributed by atoms with E-state index in [2.05, 4.69) is 26.6 Å². The summed E-state index contributed by atoms with van der Waals surface area (Å²) in [6, 6.07) is 13.7. The van der Waals surface area contributed by atoms with Crippen molar-refractivity contribution in [2.24, 2.45) is 5.92 Å². The highest BCUT2D eigenvalue weighted by molar-refractivity contribution is 5.73. The van der Waals surface area contributed by atoms with Gasteiger partial charge in [0, 0.05) is 29.9 Å². The Kier molecular flexibility index (Phi) is 6.49. The third-order valence-electron chi connectivity index (χ3n) is 6.26. The molecular weight excluding hydrogens is 454 g/mol. The number of ether oxygens (including phenoxy) is 1. The van der Waals surface area contributed by atoms with E-state index in [0.717, 1.165) is 48.5 Å². The molecule has 2 aliphatic rings. The zero-order valence-corrected chi connectivity index (χ0v) is 18.3. The molecule has 1 N–H and O–H groups in total. The predicted molar refractivity (Wildman–Crippen MR) is 117 cm³/mol. The van der Waals surface area contributed by atoms with Gasteiger partial charge >= 0.3 is 12.1 Å². The highest BCUT2D eigenvalue weighted by atomic mass is 19.4. The average molecular weight is 477 g/mol. The zero-order chi connectivity index (χ0) is 24.5. The lowest BCUT2D eigenvalue weighted by molar-refractivity contribution is -0.192. The molecule has 2 aromatic carbocycles. The first-order valence-electron chi connectivity index (χ1n) is 10.7. The van der Waals surface area contributed by atoms with Crippen molar-refractivity contribution in [2.45, 2.75) is 25.1 Å². The first-order chi connectivity index (χ1) is 16.2. The SMILES string of the molecule is COc1ccc(N2CCC(C3c4c(F)cccc4-c4cncn43)CC2)cc1.O=C(O)C(F)(F)F. The molecule has 0 radical (unpaired) electrons. The van der Waals surface area contributed by atoms with E-state index in [9.17, 15) is 17.6 Å². The van der Waals surface area contributed by atoms with Crippen LogP contribution in [0, 0.1) is 11.7 Å². The van der Waals surface area contributed by atoms with Crippen LogP contribution in [-0.4, -0.2) is 47.0 Å². The summed E-state index contributed by atoms with van der Waals surface area (Å²) in [5.41, 5.74) is 4.09. The lowest BCUT2D eigenvalue weighted by atomic mass is 9.85. The third kappa shape index (κ3) is 4.57. The number of aromatic nitrogens is 2. The molecule has 34 heavy (non-hydrogen) atoms. The van der Waals surface area contributed by atoms with Gasteiger partial charge in [-0.3, -0.25) is 0 Å². The quantitative estimate of drug-likeness (QED) is 0.529. The number of hydrogen-bond acceptors (Lipinski definition) is 4. The lowest BCUT2D eigenvalue weighted by Crippen LogP contribution is -2.36. The number of methoxy groups -OCH3 is 1. The van der Waals surface area contributed by atoms with Gasteiger partial charge < -0.3 is 19.3 Å². The smallest absolute Gasteiger partial charge is 0.490 e. The first-order valence-corrected chi connectivity index (χ1v) is 10.7. The normalized spacial score (nSPS) is 17.4. The van der Waals surface area contributed by atoms with E-state index in [1.807, 2.05) is 30.7 Å². The molecule has 5 rings (SSSR count). The summed E-state index contributed by atoms with van der Waals surface area (Å²) >= 11 is 0. The Morgan fingerprint density at radius 2 is 1.76 bits per heavy atom. The number of aliphatic carboxylic acids is 1. The van der Waals surface area contributed by atoms with E-state index < -0.39 is 12.1 Å². The first kappa shape index (κ1) is 23.6. The van der Waals surface area contributed by atoms with Crippen LogP contribution in [0.25, 0.3) is 11.3 Å². The minimum absolute atomic E-state index is 0.0525. The summed E-state index contributed by atoms with van der Waals surface area (Å²) in [5, 5.41) is 7.12. The number of fused-ring (bicyclic) bond motifs is 3. The summed E-state index contributed by atoms with van der Waals surface area (Å²) in [6.07, 6.45) is 0.685. The maximum Gasteiger partial charge on any atom is 0.490 e. The van der Waals surface area contributed by atoms with Crippen LogP contribution in [0.5, 0.6) is 5.75 Å². The Bertz CT molecular complexity index is 1150. The zero-order valence-electron chi connectivity index (χ0n) is 18.3. The molecule has 1 atom stereocenters. The number of hydrogen-bond donors (Lipinski definition) is 1. The van der Waals surface area contributed by atoms with E-state index >= 15 is 0 Å². The molecule has 6 nitrogen and oxygen atoms in total. The number of alkyl halides is 3. The lowest BCUT2D eigenvalue weighted by Gasteiger charge is -2.37. The van der Waals surface area contributed by atoms with Gasteiger partial charge in [-0.1, -0.05) is 12.1 Å². The molecule has 3 heterocycles. The number of carboxylic acids is 1. The number of piperidine rings is 1. The number of halogens is 4. The Morgan fingerprint density at radius 1 is 1.12 bits per heavy atom. The van der Waals surface area contributed by atoms with Crippen LogP contribution in [0.3, 0.4) is 0 Å². The summed E-state index contributed by atoms with van der Waals surface area (Å²) in [5.74, 6) is -1.57. The number of rotatable bonds is 3. The fourth-order valence-electron chi connectivity index (χ4n) is 4.66. The molecule has 1 unspecified atom stereocenters. The fraction of sp³-hybridized carbons (Fsp3) is 0.333. The number of carbonyl (C=O) groups is 1. The Morgan fingerprint density at radius 3 is 2.35 bits per heavy atom. The molecular formula is C24H23F4N3O3. The maximum atomic E-state index is 14.7. The highest BCUT2D eigenvalue weighted by Gasteiger charge is 2.39. The number of anilines is 1. The van der Waals surface area contributed by atoms with Crippen molar-refractivity contribution in [3.05, 3.63) is 66.4 Å². The molecule has 3 aromatic rings. The molecule has 1 aromatic heterocycles. The van der Waals surface area contributed by atoms with Crippen molar-refractivity contribution in [2.75, 3.05) is 25.1 Å². The Balaban J connectivity index is 0.000000344. The molecule has 0 amide bonds. The number of imidazole rings is 1. The van der Waals surface area contributed by atoms with Crippen LogP contribution in [0.2, 0.25) is 0 Å². The summed E-state index contributed by atoms with van der Waals surface area (Å²) in [7, 11) is 1.68. The number of carboxylic acid groups (broad SMARTS) is 1. The fourth-order valence-corrected chi connectivity index (χ4v) is 4.66. The van der Waals surface area contributed by atoms with Crippen LogP contribution in [0.4, 0.5) is 23.2 Å². The number of benzene rings is 2. The second-order valence-electron chi connectivity index (χ2n) is 8.16. The van der Waals surface area contributed by atoms with E-state index in [1.165, 1.54) is 5.69 Å². The summed E-state index contributed by atoms with van der Waals surface area (Å²) in [4.78, 5) is 15.6. The molecule has 0 spiro atoms. The largest absolute Gasteiger partial charge is 0.497 e. The second-order valence-corrected chi connectivity index (χ2v) is 8.16. The molecule has 1 saturated heterocycles. The van der Waals surface area contributed by atoms with E-state index in [1.54, 1.807) is 19.2 Å². The average Bonchev–Trinajstić information content (AvgIpc) is 3.41. The molecule has 2 aliphatic heterocycles. The monoisotopic (exact) mass is 477 g/mol. The van der Waals surface area contributed by atoms with Crippen molar-refractivity contribution in [1.82, 2.24) is 9.55 Å². The van der Waals surface area contributed by atoms with Gasteiger partial charge in [0.1, 0.15) is 11.6 Å². The standard InChI is InChI=1S/C22H22FN3O.C2HF3O2/c1-27-17-7-5-16(6-8-17)25-11-9-15(10-12-25)22-21-18(3-2-4-19(21)23)20-13-24-14-26(20)22;3-2(4,5)1(6)7/h2-8,13-15,22H,9-12H2,1H3;(H,6,7). The Hall–Kier alpha value is -3.56. The van der Waals surface area contributed by atoms with E-state index in [0.29, 0.717) is 5.92 Å². The van der Waals surface area contributed by atoms with Gasteiger partial charge in [0.2, 0.25) is 0 Å². The van der Waals surface area contributed by atoms with Crippen LogP contribution in [0.1, 0.15) is 24.4 Å². The van der Waals surface area contributed by atoms with Crippen LogP contribution in [0.15, 0.2) is 55.0 Å². The van der Waals surface area contributed by atoms with E-state index in [-0.39, 0.29) is 11.9 Å². The molecule has 0 aliphatic carbocycles. The van der Waals surface area contributed by atoms with Gasteiger partial charge in [-0.15, -0.1) is 0 Å². The van der Waals surface area contributed by atoms with Crippen LogP contribution < -0.4 is 9.64 Å². The predicted octanol–water partition coefficient (Wildman–Crippen LogP) is 5.15. The topological polar surface area (TPSA) is 67.6 Å². The van der Waals surface area contributed by atoms with Crippen molar-refractivity contribution < 1.29 is 32.2 Å². The van der Waals surface area contributed by atoms with Crippen molar-refractivity contribution in [3.63, 3.8) is 0 Å².